The summed E-state index contributed by atoms with van der Waals surface area (Å²) in [7, 11) is 0. The molecule has 0 N–H and O–H groups in total. The molecule has 0 bridgehead atoms. The molecule has 0 aliphatic heterocycles. The van der Waals surface area contributed by atoms with Crippen LogP contribution in [0.5, 0.6) is 0 Å². The Morgan fingerprint density at radius 3 is 1.20 bits per heavy atom. The average molecular weight is 696 g/mol. The van der Waals surface area contributed by atoms with E-state index in [1.807, 2.05) is 0 Å². The van der Waals surface area contributed by atoms with Gasteiger partial charge in [0.15, 0.2) is 0 Å². The van der Waals surface area contributed by atoms with Crippen LogP contribution in [-0.2, 0) is 5.41 Å². The molecule has 0 unspecified atom stereocenters. The molecule has 2 aliphatic rings. The summed E-state index contributed by atoms with van der Waals surface area (Å²) in [5.74, 6) is 0. The lowest BCUT2D eigenvalue weighted by Crippen LogP contribution is -2.26. The highest BCUT2D eigenvalue weighted by atomic mass is 14.8. The van der Waals surface area contributed by atoms with Gasteiger partial charge in [-0.05, 0) is 77.0 Å². The Bertz CT molecular complexity index is 3090. The molecule has 0 amide bonds. The van der Waals surface area contributed by atoms with Crippen molar-refractivity contribution in [1.82, 2.24) is 4.98 Å². The van der Waals surface area contributed by atoms with E-state index in [0.717, 1.165) is 17.0 Å². The summed E-state index contributed by atoms with van der Waals surface area (Å²) < 4.78 is 0. The highest BCUT2D eigenvalue weighted by molar-refractivity contribution is 6.21. The molecule has 0 radical (unpaired) electrons. The zero-order chi connectivity index (χ0) is 36.1. The molecule has 12 rings (SSSR count). The van der Waals surface area contributed by atoms with Gasteiger partial charge in [0.05, 0.1) is 16.8 Å². The van der Waals surface area contributed by atoms with Crippen molar-refractivity contribution in [3.8, 4) is 55.9 Å². The smallest absolute Gasteiger partial charge is 0.0788 e. The molecule has 1 spiro atoms. The van der Waals surface area contributed by atoms with Crippen molar-refractivity contribution in [1.29, 1.82) is 0 Å². The molecule has 0 fully saturated rings. The van der Waals surface area contributed by atoms with Crippen LogP contribution in [0.15, 0.2) is 200 Å². The van der Waals surface area contributed by atoms with E-state index in [1.54, 1.807) is 0 Å². The molecule has 55 heavy (non-hydrogen) atoms. The maximum absolute atomic E-state index is 5.71. The molecular weight excluding hydrogens is 663 g/mol. The van der Waals surface area contributed by atoms with Crippen LogP contribution in [0, 0.1) is 0 Å². The Morgan fingerprint density at radius 1 is 0.273 bits per heavy atom. The highest BCUT2D eigenvalue weighted by Gasteiger charge is 2.53. The molecule has 1 nitrogen and oxygen atoms in total. The molecule has 254 valence electrons. The van der Waals surface area contributed by atoms with Gasteiger partial charge in [-0.15, -0.1) is 0 Å². The quantitative estimate of drug-likeness (QED) is 0.168. The van der Waals surface area contributed by atoms with Crippen molar-refractivity contribution >= 4 is 32.3 Å². The lowest BCUT2D eigenvalue weighted by molar-refractivity contribution is 0.799. The third-order valence-corrected chi connectivity index (χ3v) is 12.3. The number of fused-ring (bicyclic) bond motifs is 14. The maximum Gasteiger partial charge on any atom is 0.0788 e. The minimum absolute atomic E-state index is 0.442. The monoisotopic (exact) mass is 695 g/mol. The van der Waals surface area contributed by atoms with E-state index in [-0.39, 0.29) is 0 Å². The predicted octanol–water partition coefficient (Wildman–Crippen LogP) is 13.9. The molecule has 1 aromatic heterocycles. The molecule has 10 aromatic rings. The molecule has 0 saturated carbocycles. The van der Waals surface area contributed by atoms with Gasteiger partial charge in [0, 0.05) is 22.1 Å². The van der Waals surface area contributed by atoms with E-state index in [9.17, 15) is 0 Å². The van der Waals surface area contributed by atoms with Crippen LogP contribution >= 0.6 is 0 Å². The van der Waals surface area contributed by atoms with E-state index in [1.165, 1.54) is 93.5 Å². The van der Waals surface area contributed by atoms with Crippen LogP contribution in [0.4, 0.5) is 0 Å². The minimum Gasteiger partial charge on any atom is -0.247 e. The molecule has 1 heteroatoms. The lowest BCUT2D eigenvalue weighted by Gasteiger charge is -2.31. The number of hydrogen-bond donors (Lipinski definition) is 0. The SMILES string of the molecule is c1ccc(-c2c3ccccc3c(-c3ccc(-c4nc5c(c6ccccc46)C4(c6ccccc6-c6ccccc64)c4ccccc4-5)cc3)c3ccccc23)cc1. The van der Waals surface area contributed by atoms with Crippen molar-refractivity contribution < 1.29 is 0 Å². The Kier molecular flexibility index (Phi) is 6.33. The van der Waals surface area contributed by atoms with E-state index >= 15 is 0 Å². The fraction of sp³-hybridized carbons (Fsp3) is 0.0185. The number of nitrogens with zero attached hydrogens (tertiary/aromatic N) is 1. The second-order valence-corrected chi connectivity index (χ2v) is 14.9. The first-order chi connectivity index (χ1) is 27.3. The van der Waals surface area contributed by atoms with Crippen LogP contribution < -0.4 is 0 Å². The molecule has 9 aromatic carbocycles. The summed E-state index contributed by atoms with van der Waals surface area (Å²) in [4.78, 5) is 5.71. The van der Waals surface area contributed by atoms with E-state index in [2.05, 4.69) is 200 Å². The zero-order valence-electron chi connectivity index (χ0n) is 30.0. The van der Waals surface area contributed by atoms with Gasteiger partial charge in [-0.2, -0.15) is 0 Å². The topological polar surface area (TPSA) is 12.9 Å². The molecule has 1 heterocycles. The molecular formula is C54H33N. The van der Waals surface area contributed by atoms with E-state index in [0.29, 0.717) is 0 Å². The van der Waals surface area contributed by atoms with Gasteiger partial charge in [-0.25, -0.2) is 4.98 Å². The van der Waals surface area contributed by atoms with Crippen LogP contribution in [0.3, 0.4) is 0 Å². The number of aromatic nitrogens is 1. The van der Waals surface area contributed by atoms with Crippen LogP contribution in [-0.4, -0.2) is 4.98 Å². The summed E-state index contributed by atoms with van der Waals surface area (Å²) in [6.07, 6.45) is 0. The second kappa shape index (κ2) is 11.5. The average Bonchev–Trinajstić information content (AvgIpc) is 3.73. The summed E-state index contributed by atoms with van der Waals surface area (Å²) in [6.45, 7) is 0. The van der Waals surface area contributed by atoms with Crippen molar-refractivity contribution in [2.24, 2.45) is 0 Å². The third-order valence-electron chi connectivity index (χ3n) is 12.3. The zero-order valence-corrected chi connectivity index (χ0v) is 30.0. The Hall–Kier alpha value is -7.09. The molecule has 0 saturated heterocycles. The number of rotatable bonds is 3. The third kappa shape index (κ3) is 4.05. The molecule has 2 aliphatic carbocycles. The van der Waals surface area contributed by atoms with Crippen LogP contribution in [0.1, 0.15) is 22.3 Å². The number of hydrogen-bond acceptors (Lipinski definition) is 1. The van der Waals surface area contributed by atoms with Gasteiger partial charge < -0.3 is 0 Å². The van der Waals surface area contributed by atoms with Crippen LogP contribution in [0.25, 0.3) is 88.2 Å². The first-order valence-corrected chi connectivity index (χ1v) is 19.1. The maximum atomic E-state index is 5.71. The van der Waals surface area contributed by atoms with Gasteiger partial charge >= 0.3 is 0 Å². The number of benzene rings is 9. The van der Waals surface area contributed by atoms with E-state index in [4.69, 9.17) is 4.98 Å². The minimum atomic E-state index is -0.442. The highest BCUT2D eigenvalue weighted by Crippen LogP contribution is 2.64. The fourth-order valence-corrected chi connectivity index (χ4v) is 10.2. The van der Waals surface area contributed by atoms with Gasteiger partial charge in [0.2, 0.25) is 0 Å². The van der Waals surface area contributed by atoms with Crippen molar-refractivity contribution in [2.75, 3.05) is 0 Å². The Labute approximate surface area is 319 Å². The lowest BCUT2D eigenvalue weighted by atomic mass is 9.69. The van der Waals surface area contributed by atoms with Gasteiger partial charge in [-0.1, -0.05) is 200 Å². The van der Waals surface area contributed by atoms with Gasteiger partial charge in [0.25, 0.3) is 0 Å². The first-order valence-electron chi connectivity index (χ1n) is 19.1. The second-order valence-electron chi connectivity index (χ2n) is 14.9. The Balaban J connectivity index is 1.09. The Morgan fingerprint density at radius 2 is 0.655 bits per heavy atom. The summed E-state index contributed by atoms with van der Waals surface area (Å²) in [5, 5.41) is 7.47. The standard InChI is InChI=1S/C54H33N/c1-2-16-34(17-3-1)49-39-20-4-6-22-41(39)50(42-23-7-5-21-40(42)49)35-30-32-36(33-31-35)52-44-25-9-8-24-43(44)51-53(55-52)45-26-12-15-29-48(45)54(51)46-27-13-10-18-37(46)38-19-11-14-28-47(38)54/h1-33H. The first kappa shape index (κ1) is 30.4. The predicted molar refractivity (Wildman–Crippen MR) is 229 cm³/mol. The summed E-state index contributed by atoms with van der Waals surface area (Å²) >= 11 is 0. The van der Waals surface area contributed by atoms with Gasteiger partial charge in [-0.3, -0.25) is 0 Å². The largest absolute Gasteiger partial charge is 0.247 e. The van der Waals surface area contributed by atoms with E-state index < -0.39 is 5.41 Å². The normalized spacial score (nSPS) is 13.2. The van der Waals surface area contributed by atoms with Crippen LogP contribution in [0.2, 0.25) is 0 Å². The van der Waals surface area contributed by atoms with Crippen molar-refractivity contribution in [3.63, 3.8) is 0 Å². The van der Waals surface area contributed by atoms with Gasteiger partial charge in [0.1, 0.15) is 0 Å². The fourth-order valence-electron chi connectivity index (χ4n) is 10.2. The summed E-state index contributed by atoms with van der Waals surface area (Å²) in [5.41, 5.74) is 16.8. The summed E-state index contributed by atoms with van der Waals surface area (Å²) in [6, 6.07) is 73.6. The van der Waals surface area contributed by atoms with Crippen molar-refractivity contribution in [2.45, 2.75) is 5.41 Å². The number of pyridine rings is 1. The van der Waals surface area contributed by atoms with Crippen molar-refractivity contribution in [3.05, 3.63) is 222 Å². The molecule has 0 atom stereocenters.